The van der Waals surface area contributed by atoms with E-state index in [4.69, 9.17) is 16.3 Å². The van der Waals surface area contributed by atoms with Crippen LogP contribution in [-0.4, -0.2) is 23.4 Å². The molecule has 142 valence electrons. The number of carbonyl (C=O) groups is 1. The highest BCUT2D eigenvalue weighted by molar-refractivity contribution is 8.15. The fraction of sp³-hybridized carbons (Fsp3) is 0.143. The first kappa shape index (κ1) is 18.7. The number of benzene rings is 3. The standard InChI is InChI=1S/C21H18ClN3O2S/c1-12(20(26)23-17-11-14(22)9-10-18(17)27-2)28-21-24-15-7-3-5-13-6-4-8-16(25-21)19(13)15/h3-12H,1-2H3,(H,23,26)(H,24,25)/t12-/m0/s1. The van der Waals surface area contributed by atoms with Gasteiger partial charge in [-0.2, -0.15) is 0 Å². The molecule has 0 unspecified atom stereocenters. The first-order valence-electron chi connectivity index (χ1n) is 8.73. The van der Waals surface area contributed by atoms with E-state index >= 15 is 0 Å². The summed E-state index contributed by atoms with van der Waals surface area (Å²) < 4.78 is 5.29. The predicted molar refractivity (Wildman–Crippen MR) is 118 cm³/mol. The van der Waals surface area contributed by atoms with Gasteiger partial charge in [0.1, 0.15) is 5.75 Å². The Morgan fingerprint density at radius 3 is 2.79 bits per heavy atom. The summed E-state index contributed by atoms with van der Waals surface area (Å²) in [5, 5.41) is 9.27. The molecule has 5 nitrogen and oxygen atoms in total. The topological polar surface area (TPSA) is 62.7 Å². The van der Waals surface area contributed by atoms with Crippen LogP contribution in [0.3, 0.4) is 0 Å². The Balaban J connectivity index is 1.52. The molecule has 0 bridgehead atoms. The summed E-state index contributed by atoms with van der Waals surface area (Å²) in [6.45, 7) is 1.84. The lowest BCUT2D eigenvalue weighted by Gasteiger charge is -2.20. The van der Waals surface area contributed by atoms with E-state index in [0.29, 0.717) is 21.6 Å². The third-order valence-electron chi connectivity index (χ3n) is 4.42. The number of carbonyl (C=O) groups excluding carboxylic acids is 1. The highest BCUT2D eigenvalue weighted by Crippen LogP contribution is 2.37. The number of amides is 1. The van der Waals surface area contributed by atoms with Gasteiger partial charge in [-0.1, -0.05) is 47.6 Å². The lowest BCUT2D eigenvalue weighted by Crippen LogP contribution is -2.26. The van der Waals surface area contributed by atoms with Crippen molar-refractivity contribution in [3.63, 3.8) is 0 Å². The molecule has 0 spiro atoms. The van der Waals surface area contributed by atoms with Gasteiger partial charge < -0.3 is 15.4 Å². The molecule has 1 amide bonds. The molecular formula is C21H18ClN3O2S. The zero-order chi connectivity index (χ0) is 19.7. The maximum Gasteiger partial charge on any atom is 0.237 e. The Hall–Kier alpha value is -2.70. The van der Waals surface area contributed by atoms with Crippen LogP contribution >= 0.6 is 23.4 Å². The summed E-state index contributed by atoms with van der Waals surface area (Å²) in [5.41, 5.74) is 2.44. The predicted octanol–water partition coefficient (Wildman–Crippen LogP) is 5.68. The number of aliphatic imine (C=N–C) groups is 1. The van der Waals surface area contributed by atoms with Crippen molar-refractivity contribution >= 4 is 62.3 Å². The minimum absolute atomic E-state index is 0.160. The van der Waals surface area contributed by atoms with Crippen LogP contribution in [0.5, 0.6) is 5.75 Å². The fourth-order valence-corrected chi connectivity index (χ4v) is 4.05. The number of ether oxygens (including phenoxy) is 1. The summed E-state index contributed by atoms with van der Waals surface area (Å²) in [4.78, 5) is 17.4. The van der Waals surface area contributed by atoms with Gasteiger partial charge in [-0.25, -0.2) is 4.99 Å². The van der Waals surface area contributed by atoms with Crippen LogP contribution in [-0.2, 0) is 4.79 Å². The minimum atomic E-state index is -0.376. The number of hydrogen-bond donors (Lipinski definition) is 2. The van der Waals surface area contributed by atoms with Crippen LogP contribution in [0.25, 0.3) is 10.8 Å². The van der Waals surface area contributed by atoms with Gasteiger partial charge in [0.05, 0.1) is 29.4 Å². The Bertz CT molecular complexity index is 1090. The molecule has 2 N–H and O–H groups in total. The Labute approximate surface area is 172 Å². The molecular weight excluding hydrogens is 394 g/mol. The molecule has 28 heavy (non-hydrogen) atoms. The fourth-order valence-electron chi connectivity index (χ4n) is 3.06. The lowest BCUT2D eigenvalue weighted by atomic mass is 10.1. The molecule has 3 aromatic rings. The number of hydrogen-bond acceptors (Lipinski definition) is 5. The normalized spacial score (nSPS) is 13.5. The quantitative estimate of drug-likeness (QED) is 0.580. The first-order valence-corrected chi connectivity index (χ1v) is 9.99. The second-order valence-corrected chi connectivity index (χ2v) is 8.08. The average molecular weight is 412 g/mol. The molecule has 3 aromatic carbocycles. The highest BCUT2D eigenvalue weighted by atomic mass is 35.5. The van der Waals surface area contributed by atoms with Crippen LogP contribution in [0.4, 0.5) is 17.1 Å². The maximum atomic E-state index is 12.7. The van der Waals surface area contributed by atoms with Crippen LogP contribution in [0, 0.1) is 0 Å². The molecule has 1 aliphatic heterocycles. The van der Waals surface area contributed by atoms with Crippen molar-refractivity contribution in [2.75, 3.05) is 17.7 Å². The first-order chi connectivity index (χ1) is 13.5. The zero-order valence-electron chi connectivity index (χ0n) is 15.3. The number of anilines is 2. The third-order valence-corrected chi connectivity index (χ3v) is 5.64. The van der Waals surface area contributed by atoms with Crippen molar-refractivity contribution in [1.29, 1.82) is 0 Å². The minimum Gasteiger partial charge on any atom is -0.495 e. The number of amidine groups is 1. The number of nitrogens with zero attached hydrogens (tertiary/aromatic N) is 1. The van der Waals surface area contributed by atoms with Crippen molar-refractivity contribution in [3.05, 3.63) is 59.6 Å². The Kier molecular flexibility index (Phi) is 5.15. The van der Waals surface area contributed by atoms with E-state index in [2.05, 4.69) is 27.8 Å². The van der Waals surface area contributed by atoms with E-state index in [1.54, 1.807) is 25.3 Å². The monoisotopic (exact) mass is 411 g/mol. The van der Waals surface area contributed by atoms with E-state index in [0.717, 1.165) is 22.1 Å². The molecule has 0 aromatic heterocycles. The molecule has 0 saturated heterocycles. The summed E-state index contributed by atoms with van der Waals surface area (Å²) in [5.74, 6) is 0.399. The van der Waals surface area contributed by atoms with Crippen LogP contribution in [0.1, 0.15) is 6.92 Å². The highest BCUT2D eigenvalue weighted by Gasteiger charge is 2.21. The van der Waals surface area contributed by atoms with Crippen LogP contribution in [0.15, 0.2) is 59.6 Å². The molecule has 4 rings (SSSR count). The number of rotatable bonds is 4. The van der Waals surface area contributed by atoms with Gasteiger partial charge in [0, 0.05) is 10.4 Å². The molecule has 0 fully saturated rings. The summed E-state index contributed by atoms with van der Waals surface area (Å²) >= 11 is 7.40. The molecule has 0 aliphatic carbocycles. The van der Waals surface area contributed by atoms with E-state index in [-0.39, 0.29) is 11.2 Å². The molecule has 1 aliphatic rings. The lowest BCUT2D eigenvalue weighted by molar-refractivity contribution is -0.115. The van der Waals surface area contributed by atoms with Gasteiger partial charge in [-0.05, 0) is 42.6 Å². The molecule has 7 heteroatoms. The second kappa shape index (κ2) is 7.73. The zero-order valence-corrected chi connectivity index (χ0v) is 16.9. The van der Waals surface area contributed by atoms with E-state index in [1.807, 2.05) is 31.2 Å². The van der Waals surface area contributed by atoms with Gasteiger partial charge in [0.25, 0.3) is 0 Å². The van der Waals surface area contributed by atoms with Gasteiger partial charge in [0.15, 0.2) is 5.17 Å². The Morgan fingerprint density at radius 1 is 1.21 bits per heavy atom. The number of thioether (sulfide) groups is 1. The summed E-state index contributed by atoms with van der Waals surface area (Å²) in [7, 11) is 1.55. The number of nitrogens with one attached hydrogen (secondary N) is 2. The Morgan fingerprint density at radius 2 is 2.00 bits per heavy atom. The van der Waals surface area contributed by atoms with E-state index < -0.39 is 0 Å². The third kappa shape index (κ3) is 3.66. The van der Waals surface area contributed by atoms with Crippen molar-refractivity contribution in [1.82, 2.24) is 0 Å². The maximum absolute atomic E-state index is 12.7. The molecule has 1 heterocycles. The average Bonchev–Trinajstić information content (AvgIpc) is 2.68. The molecule has 0 radical (unpaired) electrons. The van der Waals surface area contributed by atoms with E-state index in [9.17, 15) is 4.79 Å². The number of halogens is 1. The van der Waals surface area contributed by atoms with Crippen molar-refractivity contribution in [2.45, 2.75) is 12.2 Å². The van der Waals surface area contributed by atoms with Crippen molar-refractivity contribution in [2.24, 2.45) is 4.99 Å². The SMILES string of the molecule is COc1ccc(Cl)cc1NC(=O)[C@H](C)SC1=Nc2cccc3cccc(c23)N1. The van der Waals surface area contributed by atoms with Crippen LogP contribution in [0.2, 0.25) is 5.02 Å². The molecule has 1 atom stereocenters. The van der Waals surface area contributed by atoms with Gasteiger partial charge in [-0.15, -0.1) is 0 Å². The van der Waals surface area contributed by atoms with E-state index in [1.165, 1.54) is 11.8 Å². The van der Waals surface area contributed by atoms with Crippen molar-refractivity contribution < 1.29 is 9.53 Å². The second-order valence-electron chi connectivity index (χ2n) is 6.32. The van der Waals surface area contributed by atoms with Crippen molar-refractivity contribution in [3.8, 4) is 5.75 Å². The van der Waals surface area contributed by atoms with Crippen LogP contribution < -0.4 is 15.4 Å². The largest absolute Gasteiger partial charge is 0.495 e. The van der Waals surface area contributed by atoms with Gasteiger partial charge >= 0.3 is 0 Å². The smallest absolute Gasteiger partial charge is 0.237 e. The summed E-state index contributed by atoms with van der Waals surface area (Å²) in [6.07, 6.45) is 0. The summed E-state index contributed by atoms with van der Waals surface area (Å²) in [6, 6.07) is 17.2. The van der Waals surface area contributed by atoms with Gasteiger partial charge in [0.2, 0.25) is 5.91 Å². The number of methoxy groups -OCH3 is 1. The van der Waals surface area contributed by atoms with Gasteiger partial charge in [-0.3, -0.25) is 4.79 Å². The molecule has 0 saturated carbocycles.